The van der Waals surface area contributed by atoms with Crippen LogP contribution in [0.1, 0.15) is 5.56 Å². The second-order valence-electron chi connectivity index (χ2n) is 2.69. The zero-order valence-corrected chi connectivity index (χ0v) is 6.87. The lowest BCUT2D eigenvalue weighted by molar-refractivity contribution is 0.456. The van der Waals surface area contributed by atoms with Crippen molar-refractivity contribution in [1.82, 2.24) is 10.5 Å². The summed E-state index contributed by atoms with van der Waals surface area (Å²) in [5, 5.41) is 7.93. The predicted octanol–water partition coefficient (Wildman–Crippen LogP) is 1.55. The molecule has 0 fully saturated rings. The van der Waals surface area contributed by atoms with Crippen LogP contribution in [0.3, 0.4) is 0 Å². The third kappa shape index (κ3) is 1.08. The first-order chi connectivity index (χ1) is 5.92. The third-order valence-corrected chi connectivity index (χ3v) is 1.86. The third-order valence-electron chi connectivity index (χ3n) is 1.86. The van der Waals surface area contributed by atoms with Crippen LogP contribution in [0.25, 0.3) is 11.0 Å². The monoisotopic (exact) mass is 162 g/mol. The molecule has 0 radical (unpaired) electrons. The Morgan fingerprint density at radius 1 is 1.50 bits per heavy atom. The molecule has 0 spiro atoms. The van der Waals surface area contributed by atoms with Crippen LogP contribution in [0.2, 0.25) is 0 Å². The number of nitrogens with zero attached hydrogens (tertiary/aromatic N) is 1. The quantitative estimate of drug-likeness (QED) is 0.728. The molecule has 0 amide bonds. The van der Waals surface area contributed by atoms with Gasteiger partial charge in [-0.05, 0) is 18.7 Å². The Morgan fingerprint density at radius 3 is 3.25 bits per heavy atom. The van der Waals surface area contributed by atoms with Gasteiger partial charge in [0.25, 0.3) is 0 Å². The summed E-state index contributed by atoms with van der Waals surface area (Å²) in [7, 11) is 1.92. The van der Waals surface area contributed by atoms with Gasteiger partial charge in [-0.1, -0.05) is 17.3 Å². The van der Waals surface area contributed by atoms with E-state index < -0.39 is 0 Å². The number of benzene rings is 1. The molecule has 12 heavy (non-hydrogen) atoms. The topological polar surface area (TPSA) is 38.1 Å². The Hall–Kier alpha value is -1.35. The highest BCUT2D eigenvalue weighted by Crippen LogP contribution is 2.17. The Bertz CT molecular complexity index is 381. The lowest BCUT2D eigenvalue weighted by Crippen LogP contribution is -2.04. The fraction of sp³-hybridized carbons (Fsp3) is 0.222. The highest BCUT2D eigenvalue weighted by Gasteiger charge is 2.01. The van der Waals surface area contributed by atoms with Gasteiger partial charge in [-0.3, -0.25) is 0 Å². The molecule has 2 aromatic rings. The minimum Gasteiger partial charge on any atom is -0.356 e. The van der Waals surface area contributed by atoms with E-state index in [9.17, 15) is 0 Å². The van der Waals surface area contributed by atoms with Gasteiger partial charge in [-0.2, -0.15) is 0 Å². The molecule has 1 heterocycles. The van der Waals surface area contributed by atoms with Crippen LogP contribution >= 0.6 is 0 Å². The van der Waals surface area contributed by atoms with Gasteiger partial charge in [0, 0.05) is 11.9 Å². The number of hydrogen-bond donors (Lipinski definition) is 1. The average molecular weight is 162 g/mol. The van der Waals surface area contributed by atoms with Crippen LogP contribution in [-0.4, -0.2) is 12.2 Å². The van der Waals surface area contributed by atoms with E-state index in [1.54, 1.807) is 6.20 Å². The fourth-order valence-electron chi connectivity index (χ4n) is 1.30. The van der Waals surface area contributed by atoms with Gasteiger partial charge in [0.1, 0.15) is 0 Å². The molecule has 2 rings (SSSR count). The molecule has 0 saturated heterocycles. The molecule has 3 heteroatoms. The molecule has 0 aliphatic rings. The van der Waals surface area contributed by atoms with Crippen molar-refractivity contribution in [2.45, 2.75) is 6.54 Å². The molecular weight excluding hydrogens is 152 g/mol. The number of aromatic nitrogens is 1. The normalized spacial score (nSPS) is 10.8. The summed E-state index contributed by atoms with van der Waals surface area (Å²) >= 11 is 0. The Balaban J connectivity index is 2.57. The van der Waals surface area contributed by atoms with E-state index in [1.807, 2.05) is 19.2 Å². The lowest BCUT2D eigenvalue weighted by atomic mass is 10.1. The fourth-order valence-corrected chi connectivity index (χ4v) is 1.30. The maximum atomic E-state index is 5.03. The van der Waals surface area contributed by atoms with Crippen LogP contribution in [0.5, 0.6) is 0 Å². The molecule has 1 aromatic carbocycles. The van der Waals surface area contributed by atoms with Gasteiger partial charge in [-0.25, -0.2) is 0 Å². The van der Waals surface area contributed by atoms with Gasteiger partial charge in [-0.15, -0.1) is 0 Å². The number of hydrogen-bond acceptors (Lipinski definition) is 3. The van der Waals surface area contributed by atoms with E-state index >= 15 is 0 Å². The van der Waals surface area contributed by atoms with E-state index in [2.05, 4.69) is 16.5 Å². The van der Waals surface area contributed by atoms with Crippen molar-refractivity contribution < 1.29 is 4.52 Å². The largest absolute Gasteiger partial charge is 0.356 e. The predicted molar refractivity (Wildman–Crippen MR) is 46.8 cm³/mol. The van der Waals surface area contributed by atoms with Crippen LogP contribution < -0.4 is 5.32 Å². The lowest BCUT2D eigenvalue weighted by Gasteiger charge is -1.98. The number of nitrogens with one attached hydrogen (secondary N) is 1. The molecule has 1 aromatic heterocycles. The summed E-state index contributed by atoms with van der Waals surface area (Å²) in [5.74, 6) is 0. The van der Waals surface area contributed by atoms with Crippen LogP contribution in [-0.2, 0) is 6.54 Å². The van der Waals surface area contributed by atoms with Crippen molar-refractivity contribution in [2.75, 3.05) is 7.05 Å². The van der Waals surface area contributed by atoms with Gasteiger partial charge < -0.3 is 9.84 Å². The van der Waals surface area contributed by atoms with Gasteiger partial charge >= 0.3 is 0 Å². The van der Waals surface area contributed by atoms with Gasteiger partial charge in [0.05, 0.1) is 6.20 Å². The summed E-state index contributed by atoms with van der Waals surface area (Å²) in [6.45, 7) is 0.846. The summed E-state index contributed by atoms with van der Waals surface area (Å²) < 4.78 is 5.03. The zero-order valence-electron chi connectivity index (χ0n) is 6.87. The van der Waals surface area contributed by atoms with Crippen molar-refractivity contribution in [3.05, 3.63) is 30.0 Å². The first-order valence-electron chi connectivity index (χ1n) is 3.88. The Kier molecular flexibility index (Phi) is 1.80. The molecule has 62 valence electrons. The van der Waals surface area contributed by atoms with E-state index in [0.29, 0.717) is 0 Å². The summed E-state index contributed by atoms with van der Waals surface area (Å²) in [6, 6.07) is 5.96. The summed E-state index contributed by atoms with van der Waals surface area (Å²) in [4.78, 5) is 0. The highest BCUT2D eigenvalue weighted by molar-refractivity contribution is 5.79. The van der Waals surface area contributed by atoms with Gasteiger partial charge in [0.15, 0.2) is 5.58 Å². The number of rotatable bonds is 2. The molecule has 0 bridgehead atoms. The molecule has 0 atom stereocenters. The molecule has 0 unspecified atom stereocenters. The second kappa shape index (κ2) is 2.95. The van der Waals surface area contributed by atoms with Crippen LogP contribution in [0.15, 0.2) is 28.9 Å². The average Bonchev–Trinajstić information content (AvgIpc) is 2.53. The Labute approximate surface area is 70.4 Å². The first kappa shape index (κ1) is 7.31. The highest BCUT2D eigenvalue weighted by atomic mass is 16.5. The minimum atomic E-state index is 0.846. The second-order valence-corrected chi connectivity index (χ2v) is 2.69. The van der Waals surface area contributed by atoms with E-state index in [1.165, 1.54) is 5.56 Å². The van der Waals surface area contributed by atoms with Gasteiger partial charge in [0.2, 0.25) is 0 Å². The summed E-state index contributed by atoms with van der Waals surface area (Å²) in [5.41, 5.74) is 2.07. The van der Waals surface area contributed by atoms with Crippen LogP contribution in [0.4, 0.5) is 0 Å². The number of fused-ring (bicyclic) bond motifs is 1. The summed E-state index contributed by atoms with van der Waals surface area (Å²) in [6.07, 6.45) is 1.75. The maximum absolute atomic E-state index is 5.03. The van der Waals surface area contributed by atoms with E-state index in [0.717, 1.165) is 17.5 Å². The van der Waals surface area contributed by atoms with E-state index in [4.69, 9.17) is 4.52 Å². The molecule has 1 N–H and O–H groups in total. The maximum Gasteiger partial charge on any atom is 0.167 e. The van der Waals surface area contributed by atoms with Crippen molar-refractivity contribution in [3.8, 4) is 0 Å². The SMILES string of the molecule is CNCc1cccc2oncc12. The standard InChI is InChI=1S/C9H10N2O/c1-10-5-7-3-2-4-9-8(7)6-11-12-9/h2-4,6,10H,5H2,1H3. The van der Waals surface area contributed by atoms with E-state index in [-0.39, 0.29) is 0 Å². The van der Waals surface area contributed by atoms with Crippen molar-refractivity contribution in [2.24, 2.45) is 0 Å². The molecular formula is C9H10N2O. The Morgan fingerprint density at radius 2 is 2.42 bits per heavy atom. The van der Waals surface area contributed by atoms with Crippen LogP contribution in [0, 0.1) is 0 Å². The molecule has 3 nitrogen and oxygen atoms in total. The molecule has 0 aliphatic carbocycles. The van der Waals surface area contributed by atoms with Crippen molar-refractivity contribution in [3.63, 3.8) is 0 Å². The molecule has 0 saturated carbocycles. The first-order valence-corrected chi connectivity index (χ1v) is 3.88. The van der Waals surface area contributed by atoms with Crippen molar-refractivity contribution >= 4 is 11.0 Å². The molecule has 0 aliphatic heterocycles. The van der Waals surface area contributed by atoms with Crippen molar-refractivity contribution in [1.29, 1.82) is 0 Å². The smallest absolute Gasteiger partial charge is 0.167 e. The minimum absolute atomic E-state index is 0.846. The zero-order chi connectivity index (χ0) is 8.39.